The van der Waals surface area contributed by atoms with Crippen molar-refractivity contribution in [2.75, 3.05) is 6.54 Å². The van der Waals surface area contributed by atoms with Crippen LogP contribution in [0.3, 0.4) is 0 Å². The fourth-order valence-corrected chi connectivity index (χ4v) is 1.60. The molecule has 0 saturated carbocycles. The van der Waals surface area contributed by atoms with Crippen LogP contribution in [0.15, 0.2) is 24.3 Å². The van der Waals surface area contributed by atoms with Gasteiger partial charge in [-0.1, -0.05) is 24.3 Å². The fourth-order valence-electron chi connectivity index (χ4n) is 1.60. The quantitative estimate of drug-likeness (QED) is 0.799. The summed E-state index contributed by atoms with van der Waals surface area (Å²) in [5.41, 5.74) is 7.13. The van der Waals surface area contributed by atoms with E-state index in [-0.39, 0.29) is 6.42 Å². The van der Waals surface area contributed by atoms with Gasteiger partial charge in [0.15, 0.2) is 0 Å². The predicted molar refractivity (Wildman–Crippen MR) is 58.1 cm³/mol. The smallest absolute Gasteiger partial charge is 0.249 e. The molecule has 0 bridgehead atoms. The van der Waals surface area contributed by atoms with Crippen LogP contribution in [0.4, 0.5) is 8.78 Å². The van der Waals surface area contributed by atoms with Crippen molar-refractivity contribution in [2.24, 2.45) is 5.73 Å². The number of halogens is 2. The zero-order chi connectivity index (χ0) is 11.3. The highest BCUT2D eigenvalue weighted by Gasteiger charge is 2.22. The van der Waals surface area contributed by atoms with Gasteiger partial charge in [-0.05, 0) is 37.4 Å². The van der Waals surface area contributed by atoms with Crippen molar-refractivity contribution < 1.29 is 8.78 Å². The minimum Gasteiger partial charge on any atom is -0.330 e. The second kappa shape index (κ2) is 5.21. The zero-order valence-electron chi connectivity index (χ0n) is 8.97. The standard InChI is InChI=1S/C12H17F2N/c1-12(13,14)9-11-6-3-2-5-10(11)7-4-8-15/h2-3,5-6H,4,7-9,15H2,1H3. The molecule has 0 aliphatic heterocycles. The Morgan fingerprint density at radius 2 is 1.80 bits per heavy atom. The van der Waals surface area contributed by atoms with E-state index >= 15 is 0 Å². The number of alkyl halides is 2. The van der Waals surface area contributed by atoms with Gasteiger partial charge in [0, 0.05) is 6.42 Å². The van der Waals surface area contributed by atoms with E-state index in [0.29, 0.717) is 6.54 Å². The summed E-state index contributed by atoms with van der Waals surface area (Å²) in [5.74, 6) is -2.64. The third-order valence-corrected chi connectivity index (χ3v) is 2.27. The highest BCUT2D eigenvalue weighted by Crippen LogP contribution is 2.22. The molecule has 84 valence electrons. The molecule has 0 aliphatic rings. The van der Waals surface area contributed by atoms with Gasteiger partial charge < -0.3 is 5.73 Å². The van der Waals surface area contributed by atoms with Crippen LogP contribution in [-0.2, 0) is 12.8 Å². The van der Waals surface area contributed by atoms with Crippen LogP contribution in [0.25, 0.3) is 0 Å². The number of aryl methyl sites for hydroxylation is 1. The maximum absolute atomic E-state index is 12.9. The summed E-state index contributed by atoms with van der Waals surface area (Å²) in [7, 11) is 0. The van der Waals surface area contributed by atoms with Crippen LogP contribution in [0, 0.1) is 0 Å². The van der Waals surface area contributed by atoms with E-state index in [2.05, 4.69) is 0 Å². The third kappa shape index (κ3) is 4.38. The normalized spacial score (nSPS) is 11.7. The lowest BCUT2D eigenvalue weighted by molar-refractivity contribution is 0.0224. The van der Waals surface area contributed by atoms with Gasteiger partial charge in [-0.25, -0.2) is 8.78 Å². The lowest BCUT2D eigenvalue weighted by Gasteiger charge is -2.13. The molecule has 2 N–H and O–H groups in total. The maximum atomic E-state index is 12.9. The summed E-state index contributed by atoms with van der Waals surface area (Å²) in [6.07, 6.45) is 1.43. The number of hydrogen-bond donors (Lipinski definition) is 1. The zero-order valence-corrected chi connectivity index (χ0v) is 8.97. The lowest BCUT2D eigenvalue weighted by Crippen LogP contribution is -2.15. The first-order chi connectivity index (χ1) is 7.03. The maximum Gasteiger partial charge on any atom is 0.249 e. The molecule has 0 fully saturated rings. The molecule has 15 heavy (non-hydrogen) atoms. The molecule has 0 amide bonds. The molecule has 0 heterocycles. The Hall–Kier alpha value is -0.960. The molecule has 0 radical (unpaired) electrons. The molecule has 0 unspecified atom stereocenters. The van der Waals surface area contributed by atoms with E-state index in [1.807, 2.05) is 12.1 Å². The van der Waals surface area contributed by atoms with Gasteiger partial charge in [0.2, 0.25) is 5.92 Å². The first-order valence-electron chi connectivity index (χ1n) is 5.17. The van der Waals surface area contributed by atoms with Crippen molar-refractivity contribution in [1.82, 2.24) is 0 Å². The van der Waals surface area contributed by atoms with Crippen molar-refractivity contribution in [3.05, 3.63) is 35.4 Å². The topological polar surface area (TPSA) is 26.0 Å². The van der Waals surface area contributed by atoms with Gasteiger partial charge in [0.05, 0.1) is 0 Å². The molecule has 1 rings (SSSR count). The molecule has 1 aromatic carbocycles. The van der Waals surface area contributed by atoms with Crippen molar-refractivity contribution >= 4 is 0 Å². The van der Waals surface area contributed by atoms with Gasteiger partial charge in [0.1, 0.15) is 0 Å². The van der Waals surface area contributed by atoms with E-state index in [0.717, 1.165) is 30.9 Å². The Labute approximate surface area is 89.3 Å². The van der Waals surface area contributed by atoms with Gasteiger partial charge >= 0.3 is 0 Å². The predicted octanol–water partition coefficient (Wildman–Crippen LogP) is 2.78. The minimum absolute atomic E-state index is 0.187. The lowest BCUT2D eigenvalue weighted by atomic mass is 9.98. The molecule has 0 atom stereocenters. The van der Waals surface area contributed by atoms with Crippen molar-refractivity contribution in [3.8, 4) is 0 Å². The number of rotatable bonds is 5. The first-order valence-corrected chi connectivity index (χ1v) is 5.17. The second-order valence-electron chi connectivity index (χ2n) is 3.91. The van der Waals surface area contributed by atoms with Crippen molar-refractivity contribution in [3.63, 3.8) is 0 Å². The Kier molecular flexibility index (Phi) is 4.21. The number of hydrogen-bond acceptors (Lipinski definition) is 1. The van der Waals surface area contributed by atoms with E-state index in [4.69, 9.17) is 5.73 Å². The number of nitrogens with two attached hydrogens (primary N) is 1. The average molecular weight is 213 g/mol. The summed E-state index contributed by atoms with van der Waals surface area (Å²) in [6, 6.07) is 7.34. The van der Waals surface area contributed by atoms with Crippen LogP contribution >= 0.6 is 0 Å². The van der Waals surface area contributed by atoms with Crippen molar-refractivity contribution in [2.45, 2.75) is 32.1 Å². The monoisotopic (exact) mass is 213 g/mol. The van der Waals surface area contributed by atoms with Gasteiger partial charge in [-0.2, -0.15) is 0 Å². The average Bonchev–Trinajstić information content (AvgIpc) is 2.14. The first kappa shape index (κ1) is 12.1. The molecule has 0 saturated heterocycles. The minimum atomic E-state index is -2.64. The molecule has 3 heteroatoms. The third-order valence-electron chi connectivity index (χ3n) is 2.27. The molecule has 0 aliphatic carbocycles. The van der Waals surface area contributed by atoms with Crippen LogP contribution in [0.5, 0.6) is 0 Å². The SMILES string of the molecule is CC(F)(F)Cc1ccccc1CCCN. The molecular weight excluding hydrogens is 196 g/mol. The van der Waals surface area contributed by atoms with E-state index in [1.165, 1.54) is 0 Å². The highest BCUT2D eigenvalue weighted by atomic mass is 19.3. The van der Waals surface area contributed by atoms with Crippen LogP contribution in [0.2, 0.25) is 0 Å². The Balaban J connectivity index is 2.77. The van der Waals surface area contributed by atoms with E-state index in [9.17, 15) is 8.78 Å². The summed E-state index contributed by atoms with van der Waals surface area (Å²) in [4.78, 5) is 0. The van der Waals surface area contributed by atoms with Gasteiger partial charge in [-0.3, -0.25) is 0 Å². The highest BCUT2D eigenvalue weighted by molar-refractivity contribution is 5.28. The van der Waals surface area contributed by atoms with Crippen LogP contribution in [0.1, 0.15) is 24.5 Å². The summed E-state index contributed by atoms with van der Waals surface area (Å²) in [6.45, 7) is 1.55. The fraction of sp³-hybridized carbons (Fsp3) is 0.500. The van der Waals surface area contributed by atoms with Gasteiger partial charge in [-0.15, -0.1) is 0 Å². The molecule has 1 aromatic rings. The Bertz CT molecular complexity index is 305. The largest absolute Gasteiger partial charge is 0.330 e. The van der Waals surface area contributed by atoms with Crippen LogP contribution in [-0.4, -0.2) is 12.5 Å². The summed E-state index contributed by atoms with van der Waals surface area (Å²) in [5, 5.41) is 0. The van der Waals surface area contributed by atoms with Crippen molar-refractivity contribution in [1.29, 1.82) is 0 Å². The summed E-state index contributed by atoms with van der Waals surface area (Å²) < 4.78 is 25.8. The Morgan fingerprint density at radius 3 is 2.33 bits per heavy atom. The molecule has 0 aromatic heterocycles. The van der Waals surface area contributed by atoms with E-state index < -0.39 is 5.92 Å². The van der Waals surface area contributed by atoms with Crippen LogP contribution < -0.4 is 5.73 Å². The Morgan fingerprint density at radius 1 is 1.20 bits per heavy atom. The molecule has 0 spiro atoms. The molecule has 1 nitrogen and oxygen atoms in total. The van der Waals surface area contributed by atoms with Gasteiger partial charge in [0.25, 0.3) is 0 Å². The van der Waals surface area contributed by atoms with E-state index in [1.54, 1.807) is 12.1 Å². The molecular formula is C12H17F2N. The second-order valence-corrected chi connectivity index (χ2v) is 3.91. The summed E-state index contributed by atoms with van der Waals surface area (Å²) >= 11 is 0. The number of benzene rings is 1.